The number of carbonyl (C=O) groups is 1. The summed E-state index contributed by atoms with van der Waals surface area (Å²) in [6.07, 6.45) is 1.54. The van der Waals surface area contributed by atoms with Crippen LogP contribution in [0.15, 0.2) is 64.2 Å². The summed E-state index contributed by atoms with van der Waals surface area (Å²) in [4.78, 5) is 12.5. The first-order valence-corrected chi connectivity index (χ1v) is 10.7. The van der Waals surface area contributed by atoms with E-state index in [9.17, 15) is 4.79 Å². The minimum absolute atomic E-state index is 0.359. The van der Waals surface area contributed by atoms with Gasteiger partial charge in [0.2, 0.25) is 0 Å². The molecule has 0 fully saturated rings. The van der Waals surface area contributed by atoms with Gasteiger partial charge in [-0.05, 0) is 70.7 Å². The predicted molar refractivity (Wildman–Crippen MR) is 129 cm³/mol. The number of methoxy groups -OCH3 is 2. The molecule has 0 radical (unpaired) electrons. The lowest BCUT2D eigenvalue weighted by molar-refractivity contribution is 0.0952. The van der Waals surface area contributed by atoms with Crippen LogP contribution in [0, 0.1) is 13.8 Å². The van der Waals surface area contributed by atoms with E-state index in [1.165, 1.54) is 18.9 Å². The van der Waals surface area contributed by atoms with Gasteiger partial charge in [-0.3, -0.25) is 4.79 Å². The van der Waals surface area contributed by atoms with Crippen LogP contribution in [0.1, 0.15) is 32.6 Å². The number of halogens is 1. The van der Waals surface area contributed by atoms with Crippen molar-refractivity contribution < 1.29 is 19.0 Å². The van der Waals surface area contributed by atoms with Gasteiger partial charge in [-0.15, -0.1) is 0 Å². The van der Waals surface area contributed by atoms with Gasteiger partial charge in [0.25, 0.3) is 5.91 Å². The first-order valence-electron chi connectivity index (χ1n) is 9.95. The Bertz CT molecular complexity index is 1130. The molecule has 0 atom stereocenters. The van der Waals surface area contributed by atoms with Crippen LogP contribution in [0.4, 0.5) is 0 Å². The number of carbonyl (C=O) groups excluding carboxylic acids is 1. The maximum Gasteiger partial charge on any atom is 0.275 e. The first-order chi connectivity index (χ1) is 15.4. The smallest absolute Gasteiger partial charge is 0.275 e. The number of benzene rings is 3. The van der Waals surface area contributed by atoms with E-state index in [1.54, 1.807) is 25.3 Å². The molecule has 3 aromatic rings. The Morgan fingerprint density at radius 3 is 2.34 bits per heavy atom. The highest BCUT2D eigenvalue weighted by atomic mass is 79.9. The van der Waals surface area contributed by atoms with Gasteiger partial charge in [-0.2, -0.15) is 5.10 Å². The van der Waals surface area contributed by atoms with Crippen LogP contribution < -0.4 is 19.6 Å². The highest BCUT2D eigenvalue weighted by Crippen LogP contribution is 2.36. The molecule has 32 heavy (non-hydrogen) atoms. The molecular formula is C25H25BrN2O4. The van der Waals surface area contributed by atoms with Gasteiger partial charge < -0.3 is 14.2 Å². The summed E-state index contributed by atoms with van der Waals surface area (Å²) < 4.78 is 17.5. The van der Waals surface area contributed by atoms with Crippen molar-refractivity contribution in [2.75, 3.05) is 14.2 Å². The van der Waals surface area contributed by atoms with Crippen LogP contribution >= 0.6 is 15.9 Å². The molecule has 0 saturated carbocycles. The molecule has 3 rings (SSSR count). The van der Waals surface area contributed by atoms with Crippen LogP contribution in [0.2, 0.25) is 0 Å². The summed E-state index contributed by atoms with van der Waals surface area (Å²) in [6.45, 7) is 4.39. The Labute approximate surface area is 196 Å². The number of hydrogen-bond acceptors (Lipinski definition) is 5. The molecule has 166 valence electrons. The largest absolute Gasteiger partial charge is 0.496 e. The molecule has 1 amide bonds. The number of amides is 1. The Kier molecular flexibility index (Phi) is 7.89. The molecule has 0 aliphatic heterocycles. The normalized spacial score (nSPS) is 10.8. The minimum Gasteiger partial charge on any atom is -0.496 e. The maximum absolute atomic E-state index is 12.5. The van der Waals surface area contributed by atoms with E-state index in [0.717, 1.165) is 21.2 Å². The maximum atomic E-state index is 12.5. The Balaban J connectivity index is 1.70. The average molecular weight is 497 g/mol. The number of ether oxygens (including phenoxy) is 3. The third kappa shape index (κ3) is 5.88. The second-order valence-corrected chi connectivity index (χ2v) is 8.07. The van der Waals surface area contributed by atoms with Gasteiger partial charge >= 0.3 is 0 Å². The van der Waals surface area contributed by atoms with E-state index >= 15 is 0 Å². The monoisotopic (exact) mass is 496 g/mol. The molecule has 0 aromatic heterocycles. The van der Waals surface area contributed by atoms with Crippen molar-refractivity contribution in [2.24, 2.45) is 5.10 Å². The number of hydrogen-bond donors (Lipinski definition) is 1. The van der Waals surface area contributed by atoms with Crippen LogP contribution in [0.5, 0.6) is 17.2 Å². The van der Waals surface area contributed by atoms with Crippen molar-refractivity contribution in [2.45, 2.75) is 20.5 Å². The molecule has 3 aromatic carbocycles. The molecule has 0 heterocycles. The van der Waals surface area contributed by atoms with Gasteiger partial charge in [-0.1, -0.05) is 35.9 Å². The molecular weight excluding hydrogens is 472 g/mol. The van der Waals surface area contributed by atoms with Crippen LogP contribution in [0.3, 0.4) is 0 Å². The van der Waals surface area contributed by atoms with Gasteiger partial charge in [0.1, 0.15) is 12.4 Å². The van der Waals surface area contributed by atoms with Crippen LogP contribution in [-0.4, -0.2) is 26.3 Å². The molecule has 0 bridgehead atoms. The summed E-state index contributed by atoms with van der Waals surface area (Å²) in [7, 11) is 3.11. The summed E-state index contributed by atoms with van der Waals surface area (Å²) in [6, 6.07) is 17.1. The zero-order valence-corrected chi connectivity index (χ0v) is 20.0. The highest BCUT2D eigenvalue weighted by Gasteiger charge is 2.13. The summed E-state index contributed by atoms with van der Waals surface area (Å²) in [5.74, 6) is 1.29. The van der Waals surface area contributed by atoms with Crippen molar-refractivity contribution >= 4 is 28.1 Å². The molecule has 7 heteroatoms. The van der Waals surface area contributed by atoms with E-state index in [-0.39, 0.29) is 5.91 Å². The average Bonchev–Trinajstić information content (AvgIpc) is 2.78. The van der Waals surface area contributed by atoms with Crippen molar-refractivity contribution in [3.8, 4) is 17.2 Å². The van der Waals surface area contributed by atoms with Crippen molar-refractivity contribution in [1.82, 2.24) is 5.43 Å². The lowest BCUT2D eigenvalue weighted by atomic mass is 10.1. The van der Waals surface area contributed by atoms with Gasteiger partial charge in [-0.25, -0.2) is 5.43 Å². The quantitative estimate of drug-likeness (QED) is 0.333. The minimum atomic E-state index is -0.359. The predicted octanol–water partition coefficient (Wildman–Crippen LogP) is 5.43. The van der Waals surface area contributed by atoms with Crippen LogP contribution in [0.25, 0.3) is 0 Å². The summed E-state index contributed by atoms with van der Waals surface area (Å²) in [5, 5.41) is 4.07. The van der Waals surface area contributed by atoms with Crippen molar-refractivity contribution in [1.29, 1.82) is 0 Å². The van der Waals surface area contributed by atoms with Gasteiger partial charge in [0.05, 0.1) is 30.5 Å². The molecule has 1 N–H and O–H groups in total. The standard InChI is InChI=1S/C25H25BrN2O4/c1-16-5-8-18(9-6-16)15-32-24-21(26)12-19(13-23(24)31-4)14-27-28-25(29)20-10-7-17(2)11-22(20)30-3/h5-14H,15H2,1-4H3,(H,28,29)/b27-14-. The lowest BCUT2D eigenvalue weighted by Gasteiger charge is -2.13. The number of nitrogens with zero attached hydrogens (tertiary/aromatic N) is 1. The van der Waals surface area contributed by atoms with Crippen molar-refractivity contribution in [3.05, 3.63) is 86.9 Å². The number of aryl methyl sites for hydroxylation is 2. The Hall–Kier alpha value is -3.32. The third-order valence-electron chi connectivity index (χ3n) is 4.74. The number of hydrazone groups is 1. The van der Waals surface area contributed by atoms with Gasteiger partial charge in [0, 0.05) is 0 Å². The molecule has 0 aliphatic rings. The number of nitrogens with one attached hydrogen (secondary N) is 1. The fourth-order valence-corrected chi connectivity index (χ4v) is 3.58. The Morgan fingerprint density at radius 2 is 1.66 bits per heavy atom. The Morgan fingerprint density at radius 1 is 0.969 bits per heavy atom. The van der Waals surface area contributed by atoms with Crippen LogP contribution in [-0.2, 0) is 6.61 Å². The summed E-state index contributed by atoms with van der Waals surface area (Å²) in [5.41, 5.74) is 6.93. The number of rotatable bonds is 8. The van der Waals surface area contributed by atoms with E-state index < -0.39 is 0 Å². The fourth-order valence-electron chi connectivity index (χ4n) is 3.01. The topological polar surface area (TPSA) is 69.2 Å². The second kappa shape index (κ2) is 10.8. The molecule has 0 aliphatic carbocycles. The fraction of sp³-hybridized carbons (Fsp3) is 0.200. The molecule has 0 spiro atoms. The van der Waals surface area contributed by atoms with Gasteiger partial charge in [0.15, 0.2) is 11.5 Å². The van der Waals surface area contributed by atoms with E-state index in [2.05, 4.69) is 26.5 Å². The lowest BCUT2D eigenvalue weighted by Crippen LogP contribution is -2.18. The van der Waals surface area contributed by atoms with E-state index in [1.807, 2.05) is 50.2 Å². The third-order valence-corrected chi connectivity index (χ3v) is 5.33. The zero-order valence-electron chi connectivity index (χ0n) is 18.4. The molecule has 0 saturated heterocycles. The van der Waals surface area contributed by atoms with E-state index in [4.69, 9.17) is 14.2 Å². The molecule has 0 unspecified atom stereocenters. The summed E-state index contributed by atoms with van der Waals surface area (Å²) >= 11 is 3.54. The van der Waals surface area contributed by atoms with Crippen molar-refractivity contribution in [3.63, 3.8) is 0 Å². The SMILES string of the molecule is COc1cc(C)ccc1C(=O)N/N=C\c1cc(Br)c(OCc2ccc(C)cc2)c(OC)c1. The zero-order chi connectivity index (χ0) is 23.1. The first kappa shape index (κ1) is 23.3. The highest BCUT2D eigenvalue weighted by molar-refractivity contribution is 9.10. The molecule has 6 nitrogen and oxygen atoms in total. The van der Waals surface area contributed by atoms with E-state index in [0.29, 0.717) is 29.4 Å². The second-order valence-electron chi connectivity index (χ2n) is 7.21.